The van der Waals surface area contributed by atoms with Gasteiger partial charge < -0.3 is 5.43 Å². The number of hydrogen-bond donors (Lipinski definition) is 2. The van der Waals surface area contributed by atoms with Crippen molar-refractivity contribution in [1.29, 1.82) is 0 Å². The number of nitrogen functional groups attached to an aromatic ring is 1. The number of nitrogens with one attached hydrogen (secondary N) is 1. The number of hydrogen-bond acceptors (Lipinski definition) is 7. The van der Waals surface area contributed by atoms with E-state index in [4.69, 9.17) is 5.84 Å². The first-order chi connectivity index (χ1) is 9.26. The van der Waals surface area contributed by atoms with Crippen molar-refractivity contribution in [3.8, 4) is 22.0 Å². The number of nitrogens with zero attached hydrogens (tertiary/aromatic N) is 5. The molecule has 3 aromatic heterocycles. The SMILES string of the molecule is Cn1cc(-c2cc(NN)nc(-c3cncs3)n2)cn1. The molecule has 96 valence electrons. The summed E-state index contributed by atoms with van der Waals surface area (Å²) in [7, 11) is 1.86. The van der Waals surface area contributed by atoms with E-state index in [9.17, 15) is 0 Å². The molecule has 0 aliphatic rings. The van der Waals surface area contributed by atoms with Gasteiger partial charge in [0.15, 0.2) is 5.82 Å². The first kappa shape index (κ1) is 11.8. The summed E-state index contributed by atoms with van der Waals surface area (Å²) in [6, 6.07) is 1.78. The van der Waals surface area contributed by atoms with Gasteiger partial charge in [-0.05, 0) is 0 Å². The molecule has 3 rings (SSSR count). The number of aryl methyl sites for hydroxylation is 1. The van der Waals surface area contributed by atoms with Gasteiger partial charge in [-0.25, -0.2) is 15.8 Å². The molecule has 0 unspecified atom stereocenters. The van der Waals surface area contributed by atoms with Gasteiger partial charge in [-0.3, -0.25) is 9.67 Å². The van der Waals surface area contributed by atoms with Gasteiger partial charge in [0.05, 0.1) is 22.3 Å². The van der Waals surface area contributed by atoms with E-state index in [1.54, 1.807) is 28.7 Å². The zero-order valence-electron chi connectivity index (χ0n) is 10.1. The Morgan fingerprint density at radius 2 is 2.21 bits per heavy atom. The lowest BCUT2D eigenvalue weighted by Gasteiger charge is -2.04. The molecule has 3 aromatic rings. The fourth-order valence-corrected chi connectivity index (χ4v) is 2.21. The van der Waals surface area contributed by atoms with Crippen LogP contribution >= 0.6 is 11.3 Å². The number of rotatable bonds is 3. The maximum Gasteiger partial charge on any atom is 0.173 e. The van der Waals surface area contributed by atoms with E-state index in [0.717, 1.165) is 16.1 Å². The molecule has 0 atom stereocenters. The molecule has 0 saturated carbocycles. The Morgan fingerprint density at radius 3 is 2.84 bits per heavy atom. The maximum absolute atomic E-state index is 5.45. The highest BCUT2D eigenvalue weighted by molar-refractivity contribution is 7.13. The molecule has 8 heteroatoms. The molecule has 0 amide bonds. The smallest absolute Gasteiger partial charge is 0.173 e. The Kier molecular flexibility index (Phi) is 2.94. The molecule has 3 N–H and O–H groups in total. The highest BCUT2D eigenvalue weighted by Gasteiger charge is 2.10. The van der Waals surface area contributed by atoms with Crippen LogP contribution in [0.4, 0.5) is 5.82 Å². The minimum atomic E-state index is 0.553. The molecule has 0 aliphatic carbocycles. The van der Waals surface area contributed by atoms with Gasteiger partial charge in [-0.1, -0.05) is 0 Å². The zero-order valence-corrected chi connectivity index (χ0v) is 10.9. The van der Waals surface area contributed by atoms with Gasteiger partial charge in [0.25, 0.3) is 0 Å². The van der Waals surface area contributed by atoms with Crippen molar-refractivity contribution in [3.05, 3.63) is 30.2 Å². The van der Waals surface area contributed by atoms with Gasteiger partial charge in [-0.2, -0.15) is 5.10 Å². The summed E-state index contributed by atoms with van der Waals surface area (Å²) in [5, 5.41) is 4.14. The van der Waals surface area contributed by atoms with E-state index >= 15 is 0 Å². The zero-order chi connectivity index (χ0) is 13.2. The second-order valence-electron chi connectivity index (χ2n) is 3.87. The fourth-order valence-electron chi connectivity index (χ4n) is 1.66. The summed E-state index contributed by atoms with van der Waals surface area (Å²) in [6.07, 6.45) is 5.37. The lowest BCUT2D eigenvalue weighted by atomic mass is 10.2. The Labute approximate surface area is 113 Å². The average molecular weight is 273 g/mol. The van der Waals surface area contributed by atoms with E-state index in [2.05, 4.69) is 25.5 Å². The van der Waals surface area contributed by atoms with Crippen LogP contribution in [-0.4, -0.2) is 24.7 Å². The average Bonchev–Trinajstić information content (AvgIpc) is 3.09. The van der Waals surface area contributed by atoms with E-state index in [0.29, 0.717) is 11.6 Å². The molecule has 7 nitrogen and oxygen atoms in total. The van der Waals surface area contributed by atoms with Crippen LogP contribution in [0.25, 0.3) is 22.0 Å². The highest BCUT2D eigenvalue weighted by atomic mass is 32.1. The third-order valence-electron chi connectivity index (χ3n) is 2.53. The summed E-state index contributed by atoms with van der Waals surface area (Å²) >= 11 is 1.48. The van der Waals surface area contributed by atoms with Crippen LogP contribution in [-0.2, 0) is 7.05 Å². The molecule has 0 fully saturated rings. The van der Waals surface area contributed by atoms with Crippen LogP contribution < -0.4 is 11.3 Å². The third-order valence-corrected chi connectivity index (χ3v) is 3.30. The van der Waals surface area contributed by atoms with Crippen LogP contribution in [0, 0.1) is 0 Å². The number of hydrazine groups is 1. The molecule has 0 aliphatic heterocycles. The minimum absolute atomic E-state index is 0.553. The second kappa shape index (κ2) is 4.75. The topological polar surface area (TPSA) is 94.5 Å². The molecule has 0 spiro atoms. The van der Waals surface area contributed by atoms with Crippen LogP contribution in [0.3, 0.4) is 0 Å². The van der Waals surface area contributed by atoms with Crippen molar-refractivity contribution in [2.75, 3.05) is 5.43 Å². The van der Waals surface area contributed by atoms with Crippen molar-refractivity contribution in [3.63, 3.8) is 0 Å². The molecule has 3 heterocycles. The van der Waals surface area contributed by atoms with Crippen LogP contribution in [0.5, 0.6) is 0 Å². The Morgan fingerprint density at radius 1 is 1.32 bits per heavy atom. The van der Waals surface area contributed by atoms with Crippen molar-refractivity contribution in [2.45, 2.75) is 0 Å². The normalized spacial score (nSPS) is 10.6. The van der Waals surface area contributed by atoms with Gasteiger partial charge >= 0.3 is 0 Å². The first-order valence-corrected chi connectivity index (χ1v) is 6.38. The summed E-state index contributed by atoms with van der Waals surface area (Å²) in [5.74, 6) is 6.60. The summed E-state index contributed by atoms with van der Waals surface area (Å²) in [6.45, 7) is 0. The quantitative estimate of drug-likeness (QED) is 0.551. The summed E-state index contributed by atoms with van der Waals surface area (Å²) in [5.41, 5.74) is 5.97. The second-order valence-corrected chi connectivity index (χ2v) is 4.76. The number of aromatic nitrogens is 5. The van der Waals surface area contributed by atoms with Gasteiger partial charge in [0.2, 0.25) is 0 Å². The number of nitrogens with two attached hydrogens (primary N) is 1. The van der Waals surface area contributed by atoms with Crippen molar-refractivity contribution < 1.29 is 0 Å². The van der Waals surface area contributed by atoms with Crippen molar-refractivity contribution in [1.82, 2.24) is 24.7 Å². The number of thiazole rings is 1. The maximum atomic E-state index is 5.45. The standard InChI is InChI=1S/C11H11N7S/c1-18-5-7(3-14-18)8-2-10(17-12)16-11(15-8)9-4-13-6-19-9/h2-6H,12H2,1H3,(H,15,16,17). The van der Waals surface area contributed by atoms with Crippen LogP contribution in [0.15, 0.2) is 30.2 Å². The monoisotopic (exact) mass is 273 g/mol. The van der Waals surface area contributed by atoms with Crippen LogP contribution in [0.1, 0.15) is 0 Å². The Balaban J connectivity index is 2.12. The molecule has 0 radical (unpaired) electrons. The van der Waals surface area contributed by atoms with Crippen LogP contribution in [0.2, 0.25) is 0 Å². The van der Waals surface area contributed by atoms with Gasteiger partial charge in [-0.15, -0.1) is 11.3 Å². The van der Waals surface area contributed by atoms with E-state index < -0.39 is 0 Å². The largest absolute Gasteiger partial charge is 0.308 e. The Bertz CT molecular complexity index is 689. The molecular formula is C11H11N7S. The molecule has 0 saturated heterocycles. The van der Waals surface area contributed by atoms with E-state index in [-0.39, 0.29) is 0 Å². The molecule has 0 bridgehead atoms. The molecule has 0 aromatic carbocycles. The highest BCUT2D eigenvalue weighted by Crippen LogP contribution is 2.25. The fraction of sp³-hybridized carbons (Fsp3) is 0.0909. The number of anilines is 1. The summed E-state index contributed by atoms with van der Waals surface area (Å²) < 4.78 is 1.72. The van der Waals surface area contributed by atoms with E-state index in [1.807, 2.05) is 13.2 Å². The third kappa shape index (κ3) is 2.30. The first-order valence-electron chi connectivity index (χ1n) is 5.50. The van der Waals surface area contributed by atoms with Crippen molar-refractivity contribution in [2.24, 2.45) is 12.9 Å². The Hall–Kier alpha value is -2.32. The van der Waals surface area contributed by atoms with Crippen molar-refractivity contribution >= 4 is 17.2 Å². The van der Waals surface area contributed by atoms with E-state index in [1.165, 1.54) is 11.3 Å². The lowest BCUT2D eigenvalue weighted by molar-refractivity contribution is 0.768. The predicted molar refractivity (Wildman–Crippen MR) is 73.2 cm³/mol. The molecule has 19 heavy (non-hydrogen) atoms. The summed E-state index contributed by atoms with van der Waals surface area (Å²) in [4.78, 5) is 13.8. The van der Waals surface area contributed by atoms with Gasteiger partial charge in [0.1, 0.15) is 5.82 Å². The predicted octanol–water partition coefficient (Wildman–Crippen LogP) is 1.29. The molecular weight excluding hydrogens is 262 g/mol. The lowest BCUT2D eigenvalue weighted by Crippen LogP contribution is -2.09. The van der Waals surface area contributed by atoms with Gasteiger partial charge in [0, 0.05) is 31.1 Å². The minimum Gasteiger partial charge on any atom is -0.308 e.